The largest absolute Gasteiger partial charge is 0.497 e. The van der Waals surface area contributed by atoms with Crippen LogP contribution in [0.1, 0.15) is 10.4 Å². The molecule has 0 aliphatic carbocycles. The molecule has 0 unspecified atom stereocenters. The molecule has 0 bridgehead atoms. The van der Waals surface area contributed by atoms with Gasteiger partial charge in [-0.25, -0.2) is 9.18 Å². The molecule has 0 saturated carbocycles. The first-order valence-corrected chi connectivity index (χ1v) is 7.85. The first-order chi connectivity index (χ1) is 12.6. The SMILES string of the molecule is COC(=O)c1ccncc1Nc1ccc(-c2cccc(OC)c2)cc1F. The number of pyridine rings is 1. The van der Waals surface area contributed by atoms with Crippen molar-refractivity contribution in [3.05, 3.63) is 72.3 Å². The van der Waals surface area contributed by atoms with Crippen LogP contribution in [0.15, 0.2) is 60.9 Å². The normalized spacial score (nSPS) is 10.3. The van der Waals surface area contributed by atoms with Crippen LogP contribution in [0.2, 0.25) is 0 Å². The smallest absolute Gasteiger partial charge is 0.340 e. The number of rotatable bonds is 5. The van der Waals surface area contributed by atoms with Gasteiger partial charge in [0.25, 0.3) is 0 Å². The Balaban J connectivity index is 1.91. The molecule has 2 aromatic carbocycles. The average Bonchev–Trinajstić information content (AvgIpc) is 2.69. The molecule has 1 N–H and O–H groups in total. The van der Waals surface area contributed by atoms with E-state index < -0.39 is 11.8 Å². The van der Waals surface area contributed by atoms with Crippen LogP contribution in [0.4, 0.5) is 15.8 Å². The molecule has 3 rings (SSSR count). The van der Waals surface area contributed by atoms with Crippen LogP contribution in [0, 0.1) is 5.82 Å². The van der Waals surface area contributed by atoms with E-state index in [4.69, 9.17) is 9.47 Å². The predicted octanol–water partition coefficient (Wildman–Crippen LogP) is 4.43. The fourth-order valence-electron chi connectivity index (χ4n) is 2.53. The lowest BCUT2D eigenvalue weighted by Gasteiger charge is -2.12. The average molecular weight is 352 g/mol. The summed E-state index contributed by atoms with van der Waals surface area (Å²) in [5, 5.41) is 2.89. The van der Waals surface area contributed by atoms with E-state index in [0.29, 0.717) is 17.0 Å². The van der Waals surface area contributed by atoms with E-state index in [0.717, 1.165) is 5.56 Å². The van der Waals surface area contributed by atoms with Gasteiger partial charge in [0.15, 0.2) is 0 Å². The van der Waals surface area contributed by atoms with Crippen molar-refractivity contribution in [3.8, 4) is 16.9 Å². The summed E-state index contributed by atoms with van der Waals surface area (Å²) in [5.41, 5.74) is 2.43. The zero-order chi connectivity index (χ0) is 18.5. The molecule has 0 atom stereocenters. The Morgan fingerprint density at radius 1 is 1.04 bits per heavy atom. The number of esters is 1. The number of methoxy groups -OCH3 is 2. The first kappa shape index (κ1) is 17.4. The standard InChI is InChI=1S/C20H17FN2O3/c1-25-15-5-3-4-13(10-15)14-6-7-18(17(21)11-14)23-19-12-22-9-8-16(19)20(24)26-2/h3-12,23H,1-2H3. The fraction of sp³-hybridized carbons (Fsp3) is 0.100. The summed E-state index contributed by atoms with van der Waals surface area (Å²) < 4.78 is 24.5. The third kappa shape index (κ3) is 3.64. The molecule has 1 heterocycles. The number of halogens is 1. The summed E-state index contributed by atoms with van der Waals surface area (Å²) >= 11 is 0. The first-order valence-electron chi connectivity index (χ1n) is 7.85. The highest BCUT2D eigenvalue weighted by molar-refractivity contribution is 5.96. The number of nitrogens with one attached hydrogen (secondary N) is 1. The van der Waals surface area contributed by atoms with Crippen molar-refractivity contribution < 1.29 is 18.7 Å². The Kier molecular flexibility index (Phi) is 5.12. The number of benzene rings is 2. The van der Waals surface area contributed by atoms with Crippen molar-refractivity contribution in [1.82, 2.24) is 4.98 Å². The van der Waals surface area contributed by atoms with Crippen molar-refractivity contribution in [2.75, 3.05) is 19.5 Å². The number of hydrogen-bond acceptors (Lipinski definition) is 5. The van der Waals surface area contributed by atoms with Gasteiger partial charge in [0.05, 0.1) is 37.4 Å². The van der Waals surface area contributed by atoms with Gasteiger partial charge in [0, 0.05) is 6.20 Å². The molecule has 1 aromatic heterocycles. The predicted molar refractivity (Wildman–Crippen MR) is 97.2 cm³/mol. The molecule has 26 heavy (non-hydrogen) atoms. The fourth-order valence-corrected chi connectivity index (χ4v) is 2.53. The van der Waals surface area contributed by atoms with E-state index in [-0.39, 0.29) is 11.3 Å². The number of hydrogen-bond donors (Lipinski definition) is 1. The molecule has 0 aliphatic rings. The summed E-state index contributed by atoms with van der Waals surface area (Å²) in [6.45, 7) is 0. The van der Waals surface area contributed by atoms with Crippen molar-refractivity contribution in [3.63, 3.8) is 0 Å². The van der Waals surface area contributed by atoms with Crippen molar-refractivity contribution in [2.45, 2.75) is 0 Å². The molecule has 0 spiro atoms. The van der Waals surface area contributed by atoms with Crippen molar-refractivity contribution >= 4 is 17.3 Å². The van der Waals surface area contributed by atoms with E-state index in [1.54, 1.807) is 19.2 Å². The van der Waals surface area contributed by atoms with Crippen LogP contribution in [0.3, 0.4) is 0 Å². The minimum absolute atomic E-state index is 0.231. The zero-order valence-electron chi connectivity index (χ0n) is 14.3. The van der Waals surface area contributed by atoms with E-state index >= 15 is 0 Å². The second-order valence-corrected chi connectivity index (χ2v) is 5.46. The summed E-state index contributed by atoms with van der Waals surface area (Å²) in [6, 6.07) is 13.7. The number of carbonyl (C=O) groups is 1. The maximum Gasteiger partial charge on any atom is 0.340 e. The van der Waals surface area contributed by atoms with Gasteiger partial charge in [0.1, 0.15) is 11.6 Å². The Labute approximate surface area is 150 Å². The molecule has 0 radical (unpaired) electrons. The lowest BCUT2D eigenvalue weighted by molar-refractivity contribution is 0.0601. The van der Waals surface area contributed by atoms with Crippen molar-refractivity contribution in [2.24, 2.45) is 0 Å². The second kappa shape index (κ2) is 7.65. The van der Waals surface area contributed by atoms with Crippen LogP contribution in [-0.4, -0.2) is 25.2 Å². The number of nitrogens with zero attached hydrogens (tertiary/aromatic N) is 1. The number of aromatic nitrogens is 1. The van der Waals surface area contributed by atoms with Gasteiger partial charge in [-0.05, 0) is 41.5 Å². The van der Waals surface area contributed by atoms with Gasteiger partial charge in [0.2, 0.25) is 0 Å². The zero-order valence-corrected chi connectivity index (χ0v) is 14.3. The summed E-state index contributed by atoms with van der Waals surface area (Å²) in [5.74, 6) is -0.281. The van der Waals surface area contributed by atoms with Crippen LogP contribution >= 0.6 is 0 Å². The summed E-state index contributed by atoms with van der Waals surface area (Å²) in [4.78, 5) is 15.8. The Bertz CT molecular complexity index is 944. The highest BCUT2D eigenvalue weighted by Gasteiger charge is 2.13. The Hall–Kier alpha value is -3.41. The minimum atomic E-state index is -0.525. The maximum atomic E-state index is 14.6. The molecule has 5 nitrogen and oxygen atoms in total. The second-order valence-electron chi connectivity index (χ2n) is 5.46. The molecule has 3 aromatic rings. The summed E-state index contributed by atoms with van der Waals surface area (Å²) in [7, 11) is 2.87. The van der Waals surface area contributed by atoms with Gasteiger partial charge in [-0.3, -0.25) is 4.98 Å². The molecular formula is C20H17FN2O3. The molecule has 0 aliphatic heterocycles. The van der Waals surface area contributed by atoms with Gasteiger partial charge >= 0.3 is 5.97 Å². The molecule has 0 amide bonds. The van der Waals surface area contributed by atoms with Crippen LogP contribution < -0.4 is 10.1 Å². The molecule has 132 valence electrons. The van der Waals surface area contributed by atoms with Crippen LogP contribution in [-0.2, 0) is 4.74 Å². The number of carbonyl (C=O) groups excluding carboxylic acids is 1. The van der Waals surface area contributed by atoms with Crippen molar-refractivity contribution in [1.29, 1.82) is 0 Å². The van der Waals surface area contributed by atoms with Gasteiger partial charge in [-0.1, -0.05) is 18.2 Å². The van der Waals surface area contributed by atoms with E-state index in [2.05, 4.69) is 10.3 Å². The number of ether oxygens (including phenoxy) is 2. The Morgan fingerprint density at radius 3 is 2.58 bits per heavy atom. The van der Waals surface area contributed by atoms with E-state index in [1.807, 2.05) is 24.3 Å². The quantitative estimate of drug-likeness (QED) is 0.689. The minimum Gasteiger partial charge on any atom is -0.497 e. The van der Waals surface area contributed by atoms with Crippen LogP contribution in [0.5, 0.6) is 5.75 Å². The molecule has 0 fully saturated rings. The monoisotopic (exact) mass is 352 g/mol. The molecule has 0 saturated heterocycles. The third-order valence-corrected chi connectivity index (χ3v) is 3.87. The van der Waals surface area contributed by atoms with E-state index in [1.165, 1.54) is 31.6 Å². The van der Waals surface area contributed by atoms with Gasteiger partial charge in [-0.2, -0.15) is 0 Å². The number of anilines is 2. The highest BCUT2D eigenvalue weighted by Crippen LogP contribution is 2.29. The highest BCUT2D eigenvalue weighted by atomic mass is 19.1. The van der Waals surface area contributed by atoms with E-state index in [9.17, 15) is 9.18 Å². The maximum absolute atomic E-state index is 14.6. The Morgan fingerprint density at radius 2 is 1.85 bits per heavy atom. The topological polar surface area (TPSA) is 60.5 Å². The molecular weight excluding hydrogens is 335 g/mol. The van der Waals surface area contributed by atoms with Gasteiger partial charge in [-0.15, -0.1) is 0 Å². The van der Waals surface area contributed by atoms with Crippen LogP contribution in [0.25, 0.3) is 11.1 Å². The lowest BCUT2D eigenvalue weighted by Crippen LogP contribution is -2.06. The molecule has 6 heteroatoms. The third-order valence-electron chi connectivity index (χ3n) is 3.87. The van der Waals surface area contributed by atoms with Gasteiger partial charge < -0.3 is 14.8 Å². The summed E-state index contributed by atoms with van der Waals surface area (Å²) in [6.07, 6.45) is 2.92. The lowest BCUT2D eigenvalue weighted by atomic mass is 10.0.